The Morgan fingerprint density at radius 1 is 1.30 bits per heavy atom. The minimum absolute atomic E-state index is 0.0168. The van der Waals surface area contributed by atoms with Gasteiger partial charge in [-0.25, -0.2) is 4.98 Å². The lowest BCUT2D eigenvalue weighted by Crippen LogP contribution is -2.32. The highest BCUT2D eigenvalue weighted by Crippen LogP contribution is 2.52. The molecule has 1 unspecified atom stereocenters. The fraction of sp³-hybridized carbons (Fsp3) is 0.471. The Hall–Kier alpha value is -1.61. The monoisotopic (exact) mass is 268 g/mol. The summed E-state index contributed by atoms with van der Waals surface area (Å²) < 4.78 is 2.25. The summed E-state index contributed by atoms with van der Waals surface area (Å²) in [5.74, 6) is 0.279. The second-order valence-corrected chi connectivity index (χ2v) is 6.85. The van der Waals surface area contributed by atoms with Crippen LogP contribution in [-0.2, 0) is 0 Å². The van der Waals surface area contributed by atoms with Crippen molar-refractivity contribution in [3.8, 4) is 11.3 Å². The highest BCUT2D eigenvalue weighted by Gasteiger charge is 2.47. The summed E-state index contributed by atoms with van der Waals surface area (Å²) in [5.41, 5.74) is 3.81. The van der Waals surface area contributed by atoms with Crippen LogP contribution in [0.1, 0.15) is 38.3 Å². The van der Waals surface area contributed by atoms with Crippen LogP contribution in [0, 0.1) is 11.3 Å². The van der Waals surface area contributed by atoms with E-state index in [-0.39, 0.29) is 23.5 Å². The summed E-state index contributed by atoms with van der Waals surface area (Å²) in [4.78, 5) is 4.31. The van der Waals surface area contributed by atoms with Crippen molar-refractivity contribution in [2.75, 3.05) is 0 Å². The normalized spacial score (nSPS) is 30.2. The summed E-state index contributed by atoms with van der Waals surface area (Å²) >= 11 is 0. The Bertz CT molecular complexity index is 659. The maximum atomic E-state index is 10.7. The van der Waals surface area contributed by atoms with E-state index in [1.54, 1.807) is 0 Å². The van der Waals surface area contributed by atoms with E-state index in [1.165, 1.54) is 16.8 Å². The molecule has 3 nitrogen and oxygen atoms in total. The molecule has 0 amide bonds. The van der Waals surface area contributed by atoms with Crippen molar-refractivity contribution in [2.24, 2.45) is 11.3 Å². The van der Waals surface area contributed by atoms with Gasteiger partial charge in [0.15, 0.2) is 0 Å². The summed E-state index contributed by atoms with van der Waals surface area (Å²) in [6, 6.07) is 8.77. The maximum Gasteiger partial charge on any atom is 0.0956 e. The molecule has 1 fully saturated rings. The van der Waals surface area contributed by atoms with Gasteiger partial charge < -0.3 is 9.67 Å². The zero-order chi connectivity index (χ0) is 13.9. The molecule has 0 spiro atoms. The average Bonchev–Trinajstić information content (AvgIpc) is 3.07. The third kappa shape index (κ3) is 1.47. The number of hydrogen-bond acceptors (Lipinski definition) is 2. The first-order valence-electron chi connectivity index (χ1n) is 7.39. The van der Waals surface area contributed by atoms with E-state index in [2.05, 4.69) is 47.7 Å². The molecule has 1 saturated carbocycles. The van der Waals surface area contributed by atoms with Crippen LogP contribution in [0.3, 0.4) is 0 Å². The van der Waals surface area contributed by atoms with Crippen molar-refractivity contribution in [2.45, 2.75) is 38.8 Å². The van der Waals surface area contributed by atoms with Crippen molar-refractivity contribution in [1.29, 1.82) is 0 Å². The minimum atomic E-state index is -0.256. The van der Waals surface area contributed by atoms with Gasteiger partial charge in [-0.2, -0.15) is 0 Å². The number of rotatable bonds is 1. The van der Waals surface area contributed by atoms with Crippen LogP contribution in [0.15, 0.2) is 36.8 Å². The van der Waals surface area contributed by atoms with Gasteiger partial charge in [0.2, 0.25) is 0 Å². The standard InChI is InChI=1S/C17H20N2O/c1-17(2)8-7-13(16(17)20)15-12-6-4-3-5-11(12)14-9-18-10-19(14)15/h3-6,9-10,13,15-16,20H,7-8H2,1-2H3/t13-,15?,16-/m0/s1. The van der Waals surface area contributed by atoms with Gasteiger partial charge in [-0.15, -0.1) is 0 Å². The Morgan fingerprint density at radius 3 is 2.85 bits per heavy atom. The highest BCUT2D eigenvalue weighted by molar-refractivity contribution is 5.69. The molecule has 2 aromatic rings. The number of aromatic nitrogens is 2. The summed E-state index contributed by atoms with van der Waals surface area (Å²) in [5, 5.41) is 10.7. The van der Waals surface area contributed by atoms with Gasteiger partial charge in [0.1, 0.15) is 0 Å². The molecule has 4 rings (SSSR count). The molecule has 1 N–H and O–H groups in total. The second kappa shape index (κ2) is 3.95. The van der Waals surface area contributed by atoms with Gasteiger partial charge in [-0.05, 0) is 23.8 Å². The van der Waals surface area contributed by atoms with Crippen LogP contribution < -0.4 is 0 Å². The number of benzene rings is 1. The lowest BCUT2D eigenvalue weighted by Gasteiger charge is -2.30. The van der Waals surface area contributed by atoms with Crippen LogP contribution in [0.2, 0.25) is 0 Å². The topological polar surface area (TPSA) is 38.0 Å². The predicted octanol–water partition coefficient (Wildman–Crippen LogP) is 3.25. The van der Waals surface area contributed by atoms with Crippen LogP contribution in [-0.4, -0.2) is 20.8 Å². The number of aliphatic hydroxyl groups is 1. The zero-order valence-corrected chi connectivity index (χ0v) is 12.0. The summed E-state index contributed by atoms with van der Waals surface area (Å²) in [6.45, 7) is 4.35. The second-order valence-electron chi connectivity index (χ2n) is 6.85. The molecule has 0 saturated heterocycles. The van der Waals surface area contributed by atoms with Gasteiger partial charge in [0.25, 0.3) is 0 Å². The summed E-state index contributed by atoms with van der Waals surface area (Å²) in [7, 11) is 0. The fourth-order valence-corrected chi connectivity index (χ4v) is 4.06. The molecule has 1 aliphatic heterocycles. The molecule has 0 radical (unpaired) electrons. The number of fused-ring (bicyclic) bond motifs is 3. The van der Waals surface area contributed by atoms with Crippen molar-refractivity contribution in [3.63, 3.8) is 0 Å². The van der Waals surface area contributed by atoms with Crippen molar-refractivity contribution >= 4 is 0 Å². The predicted molar refractivity (Wildman–Crippen MR) is 78.3 cm³/mol. The Morgan fingerprint density at radius 2 is 2.10 bits per heavy atom. The van der Waals surface area contributed by atoms with E-state index in [0.717, 1.165) is 12.8 Å². The van der Waals surface area contributed by atoms with Gasteiger partial charge >= 0.3 is 0 Å². The molecule has 0 bridgehead atoms. The first-order chi connectivity index (χ1) is 9.59. The van der Waals surface area contributed by atoms with E-state index in [1.807, 2.05) is 12.5 Å². The van der Waals surface area contributed by atoms with Crippen LogP contribution >= 0.6 is 0 Å². The van der Waals surface area contributed by atoms with Crippen LogP contribution in [0.25, 0.3) is 11.3 Å². The first-order valence-corrected chi connectivity index (χ1v) is 7.39. The lowest BCUT2D eigenvalue weighted by molar-refractivity contribution is 0.0344. The number of aliphatic hydroxyl groups excluding tert-OH is 1. The van der Waals surface area contributed by atoms with E-state index in [4.69, 9.17) is 0 Å². The highest BCUT2D eigenvalue weighted by atomic mass is 16.3. The Kier molecular flexibility index (Phi) is 2.40. The molecule has 20 heavy (non-hydrogen) atoms. The van der Waals surface area contributed by atoms with Gasteiger partial charge in [0.05, 0.1) is 30.4 Å². The van der Waals surface area contributed by atoms with Crippen molar-refractivity contribution < 1.29 is 5.11 Å². The fourth-order valence-electron chi connectivity index (χ4n) is 4.06. The lowest BCUT2D eigenvalue weighted by atomic mass is 9.83. The molecule has 1 aromatic carbocycles. The Labute approximate surface area is 119 Å². The average molecular weight is 268 g/mol. The van der Waals surface area contributed by atoms with Crippen LogP contribution in [0.4, 0.5) is 0 Å². The van der Waals surface area contributed by atoms with E-state index in [0.29, 0.717) is 0 Å². The molecular weight excluding hydrogens is 248 g/mol. The van der Waals surface area contributed by atoms with Gasteiger partial charge in [-0.3, -0.25) is 0 Å². The largest absolute Gasteiger partial charge is 0.392 e. The third-order valence-corrected chi connectivity index (χ3v) is 5.25. The van der Waals surface area contributed by atoms with Crippen LogP contribution in [0.5, 0.6) is 0 Å². The SMILES string of the molecule is CC1(C)CC[C@@H](C2c3ccccc3-c3cncn32)[C@@H]1O. The van der Waals surface area contributed by atoms with E-state index >= 15 is 0 Å². The minimum Gasteiger partial charge on any atom is -0.392 e. The van der Waals surface area contributed by atoms with Crippen molar-refractivity contribution in [3.05, 3.63) is 42.4 Å². The van der Waals surface area contributed by atoms with Gasteiger partial charge in [0, 0.05) is 11.5 Å². The number of nitrogens with zero attached hydrogens (tertiary/aromatic N) is 2. The van der Waals surface area contributed by atoms with E-state index in [9.17, 15) is 5.11 Å². The Balaban J connectivity index is 1.84. The molecular formula is C17H20N2O. The first kappa shape index (κ1) is 12.2. The zero-order valence-electron chi connectivity index (χ0n) is 12.0. The molecule has 1 aromatic heterocycles. The van der Waals surface area contributed by atoms with E-state index < -0.39 is 0 Å². The molecule has 3 heteroatoms. The molecule has 1 aliphatic carbocycles. The summed E-state index contributed by atoms with van der Waals surface area (Å²) in [6.07, 6.45) is 5.75. The number of hydrogen-bond donors (Lipinski definition) is 1. The molecule has 104 valence electrons. The third-order valence-electron chi connectivity index (χ3n) is 5.25. The maximum absolute atomic E-state index is 10.7. The van der Waals surface area contributed by atoms with Crippen molar-refractivity contribution in [1.82, 2.24) is 9.55 Å². The number of imidazole rings is 1. The smallest absolute Gasteiger partial charge is 0.0956 e. The van der Waals surface area contributed by atoms with Gasteiger partial charge in [-0.1, -0.05) is 38.1 Å². The quantitative estimate of drug-likeness (QED) is 0.862. The molecule has 2 aliphatic rings. The molecule has 2 heterocycles. The molecule has 3 atom stereocenters.